The maximum Gasteiger partial charge on any atom is 0.0899 e. The van der Waals surface area contributed by atoms with Crippen LogP contribution < -0.4 is 0 Å². The number of fused-ring (bicyclic) bond motifs is 1. The number of rotatable bonds is 0. The predicted octanol–water partition coefficient (Wildman–Crippen LogP) is 2.52. The summed E-state index contributed by atoms with van der Waals surface area (Å²) < 4.78 is 0. The molecule has 0 aromatic heterocycles. The molecule has 0 aromatic carbocycles. The Morgan fingerprint density at radius 1 is 1.22 bits per heavy atom. The fraction of sp³-hybridized carbons (Fsp3) is 0. The van der Waals surface area contributed by atoms with Crippen LogP contribution in [0.25, 0.3) is 0 Å². The third-order valence-corrected chi connectivity index (χ3v) is 2.75. The fourth-order valence-corrected chi connectivity index (χ4v) is 2.19. The summed E-state index contributed by atoms with van der Waals surface area (Å²) in [7, 11) is 0. The van der Waals surface area contributed by atoms with Crippen LogP contribution in [-0.2, 0) is 0 Å². The van der Waals surface area contributed by atoms with E-state index in [1.807, 2.05) is 0 Å². The first-order chi connectivity index (χ1) is 4.47. The van der Waals surface area contributed by atoms with E-state index in [9.17, 15) is 0 Å². The van der Waals surface area contributed by atoms with Crippen molar-refractivity contribution in [1.82, 2.24) is 4.90 Å². The van der Waals surface area contributed by atoms with E-state index >= 15 is 0 Å². The molecule has 9 heavy (non-hydrogen) atoms. The normalized spacial score (nSPS) is 22.2. The summed E-state index contributed by atoms with van der Waals surface area (Å²) in [5, 5.41) is 7.61. The molecule has 1 nitrogen and oxygen atoms in total. The highest BCUT2D eigenvalue weighted by Gasteiger charge is 2.10. The lowest BCUT2D eigenvalue weighted by Crippen LogP contribution is -2.02. The Balaban J connectivity index is 2.29. The van der Waals surface area contributed by atoms with Crippen LogP contribution in [0.15, 0.2) is 33.7 Å². The maximum absolute atomic E-state index is 2.14. The Kier molecular flexibility index (Phi) is 1.32. The molecule has 0 atom stereocenters. The molecule has 0 bridgehead atoms. The molecule has 0 fully saturated rings. The van der Waals surface area contributed by atoms with Crippen molar-refractivity contribution in [2.75, 3.05) is 0 Å². The first-order valence-electron chi connectivity index (χ1n) is 2.61. The summed E-state index contributed by atoms with van der Waals surface area (Å²) in [6, 6.07) is 0. The molecule has 0 aliphatic carbocycles. The van der Waals surface area contributed by atoms with Crippen LogP contribution in [0.2, 0.25) is 0 Å². The van der Waals surface area contributed by atoms with Gasteiger partial charge in [-0.2, -0.15) is 0 Å². The first kappa shape index (κ1) is 5.50. The topological polar surface area (TPSA) is 3.24 Å². The Hall–Kier alpha value is -0.280. The smallest absolute Gasteiger partial charge is 0.0899 e. The summed E-state index contributed by atoms with van der Waals surface area (Å²) in [5.74, 6) is 0. The molecule has 0 unspecified atom stereocenters. The second-order valence-electron chi connectivity index (χ2n) is 1.69. The second kappa shape index (κ2) is 2.15. The van der Waals surface area contributed by atoms with Gasteiger partial charge in [0.15, 0.2) is 0 Å². The number of hydrogen-bond donors (Lipinski definition) is 0. The van der Waals surface area contributed by atoms with Crippen LogP contribution in [0, 0.1) is 0 Å². The average molecular weight is 155 g/mol. The first-order valence-corrected chi connectivity index (χ1v) is 4.43. The van der Waals surface area contributed by atoms with Crippen LogP contribution in [0.3, 0.4) is 0 Å². The lowest BCUT2D eigenvalue weighted by molar-refractivity contribution is 0.688. The molecular formula is C6H5NS2. The van der Waals surface area contributed by atoms with Gasteiger partial charge in [-0.05, 0) is 10.8 Å². The largest absolute Gasteiger partial charge is 0.317 e. The van der Waals surface area contributed by atoms with E-state index in [1.54, 1.807) is 23.5 Å². The van der Waals surface area contributed by atoms with Crippen molar-refractivity contribution < 1.29 is 0 Å². The second-order valence-corrected chi connectivity index (χ2v) is 3.39. The minimum atomic E-state index is 1.31. The Morgan fingerprint density at radius 3 is 3.00 bits per heavy atom. The molecule has 2 aliphatic heterocycles. The quantitative estimate of drug-likeness (QED) is 0.529. The van der Waals surface area contributed by atoms with Crippen molar-refractivity contribution in [1.29, 1.82) is 0 Å². The van der Waals surface area contributed by atoms with Gasteiger partial charge in [0, 0.05) is 17.8 Å². The Morgan fingerprint density at radius 2 is 2.11 bits per heavy atom. The summed E-state index contributed by atoms with van der Waals surface area (Å²) in [5.41, 5.74) is 0. The minimum Gasteiger partial charge on any atom is -0.317 e. The lowest BCUT2D eigenvalue weighted by Gasteiger charge is -2.13. The van der Waals surface area contributed by atoms with Crippen LogP contribution in [0.4, 0.5) is 0 Å². The van der Waals surface area contributed by atoms with Gasteiger partial charge in [0.1, 0.15) is 0 Å². The van der Waals surface area contributed by atoms with E-state index in [0.717, 1.165) is 0 Å². The molecule has 0 spiro atoms. The zero-order valence-corrected chi connectivity index (χ0v) is 6.28. The van der Waals surface area contributed by atoms with Gasteiger partial charge in [-0.3, -0.25) is 0 Å². The molecule has 2 aliphatic rings. The highest BCUT2D eigenvalue weighted by molar-refractivity contribution is 8.09. The van der Waals surface area contributed by atoms with E-state index in [-0.39, 0.29) is 0 Å². The minimum absolute atomic E-state index is 1.31. The highest BCUT2D eigenvalue weighted by Crippen LogP contribution is 2.34. The molecule has 2 rings (SSSR count). The highest BCUT2D eigenvalue weighted by atomic mass is 32.2. The van der Waals surface area contributed by atoms with E-state index in [2.05, 4.69) is 33.5 Å². The molecule has 0 aromatic rings. The van der Waals surface area contributed by atoms with Crippen LogP contribution in [0.1, 0.15) is 0 Å². The summed E-state index contributed by atoms with van der Waals surface area (Å²) in [6.07, 6.45) is 4.13. The van der Waals surface area contributed by atoms with Gasteiger partial charge >= 0.3 is 0 Å². The Bertz CT molecular complexity index is 205. The summed E-state index contributed by atoms with van der Waals surface area (Å²) in [4.78, 5) is 2.11. The molecule has 2 heterocycles. The number of hydrogen-bond acceptors (Lipinski definition) is 3. The van der Waals surface area contributed by atoms with E-state index in [4.69, 9.17) is 0 Å². The molecular weight excluding hydrogens is 150 g/mol. The molecule has 3 heteroatoms. The Labute approximate surface area is 62.5 Å². The maximum atomic E-state index is 2.14. The molecule has 0 saturated heterocycles. The third kappa shape index (κ3) is 0.904. The van der Waals surface area contributed by atoms with Crippen LogP contribution in [-0.4, -0.2) is 4.90 Å². The van der Waals surface area contributed by atoms with Gasteiger partial charge in [0.05, 0.1) is 5.03 Å². The summed E-state index contributed by atoms with van der Waals surface area (Å²) in [6.45, 7) is 0. The zero-order chi connectivity index (χ0) is 6.10. The summed E-state index contributed by atoms with van der Waals surface area (Å²) >= 11 is 3.49. The molecule has 0 N–H and O–H groups in total. The van der Waals surface area contributed by atoms with Crippen molar-refractivity contribution in [3.05, 3.63) is 33.7 Å². The fourth-order valence-electron chi connectivity index (χ4n) is 0.710. The number of nitrogens with zero attached hydrogens (tertiary/aromatic N) is 1. The van der Waals surface area contributed by atoms with Gasteiger partial charge in [-0.15, -0.1) is 11.8 Å². The molecule has 0 saturated carbocycles. The van der Waals surface area contributed by atoms with Crippen molar-refractivity contribution in [3.8, 4) is 0 Å². The van der Waals surface area contributed by atoms with Gasteiger partial charge in [0.25, 0.3) is 0 Å². The molecule has 46 valence electrons. The van der Waals surface area contributed by atoms with E-state index in [0.29, 0.717) is 0 Å². The average Bonchev–Trinajstić information content (AvgIpc) is 2.33. The van der Waals surface area contributed by atoms with Crippen molar-refractivity contribution >= 4 is 23.5 Å². The van der Waals surface area contributed by atoms with Gasteiger partial charge in [-0.25, -0.2) is 0 Å². The lowest BCUT2D eigenvalue weighted by atomic mass is 10.7. The third-order valence-electron chi connectivity index (χ3n) is 1.13. The van der Waals surface area contributed by atoms with E-state index < -0.39 is 0 Å². The van der Waals surface area contributed by atoms with Crippen molar-refractivity contribution in [2.24, 2.45) is 0 Å². The number of thioether (sulfide) groups is 2. The zero-order valence-electron chi connectivity index (χ0n) is 4.65. The van der Waals surface area contributed by atoms with Crippen molar-refractivity contribution in [3.63, 3.8) is 0 Å². The van der Waals surface area contributed by atoms with Gasteiger partial charge in [0.2, 0.25) is 0 Å². The van der Waals surface area contributed by atoms with Crippen LogP contribution >= 0.6 is 23.5 Å². The molecule has 0 amide bonds. The van der Waals surface area contributed by atoms with Crippen molar-refractivity contribution in [2.45, 2.75) is 0 Å². The molecule has 0 radical (unpaired) electrons. The standard InChI is InChI=1S/C6H5NS2/c1-3-8-5-6-7(1)2-4-9-6/h1-5H. The van der Waals surface area contributed by atoms with E-state index in [1.165, 1.54) is 5.03 Å². The predicted molar refractivity (Wildman–Crippen MR) is 43.4 cm³/mol. The van der Waals surface area contributed by atoms with Crippen LogP contribution in [0.5, 0.6) is 0 Å². The van der Waals surface area contributed by atoms with Gasteiger partial charge in [-0.1, -0.05) is 11.8 Å². The SMILES string of the molecule is C1=CN2C=CSC2=CS1. The monoisotopic (exact) mass is 155 g/mol. The van der Waals surface area contributed by atoms with Gasteiger partial charge < -0.3 is 4.90 Å².